The van der Waals surface area contributed by atoms with Crippen LogP contribution in [0.3, 0.4) is 0 Å². The molecule has 0 radical (unpaired) electrons. The summed E-state index contributed by atoms with van der Waals surface area (Å²) in [6.45, 7) is 8.75. The number of allylic oxidation sites excluding steroid dienone is 3. The second-order valence-electron chi connectivity index (χ2n) is 2.87. The molecule has 0 fully saturated rings. The van der Waals surface area contributed by atoms with Gasteiger partial charge in [-0.3, -0.25) is 4.99 Å². The first-order chi connectivity index (χ1) is 6.81. The van der Waals surface area contributed by atoms with E-state index in [9.17, 15) is 0 Å². The molecule has 0 rings (SSSR count). The third kappa shape index (κ3) is 8.78. The first kappa shape index (κ1) is 12.7. The molecule has 1 N–H and O–H groups in total. The molecule has 0 aromatic heterocycles. The smallest absolute Gasteiger partial charge is 0.0867 e. The van der Waals surface area contributed by atoms with Gasteiger partial charge in [0.15, 0.2) is 0 Å². The Balaban J connectivity index is 3.51. The Labute approximate surface area is 87.1 Å². The molecule has 0 saturated heterocycles. The van der Waals surface area contributed by atoms with Gasteiger partial charge in [0.1, 0.15) is 0 Å². The first-order valence-electron chi connectivity index (χ1n) is 5.02. The minimum atomic E-state index is 0.822. The number of nitrogens with one attached hydrogen (secondary N) is 1. The van der Waals surface area contributed by atoms with Crippen molar-refractivity contribution in [1.29, 1.82) is 0 Å². The van der Waals surface area contributed by atoms with Crippen molar-refractivity contribution < 1.29 is 0 Å². The fourth-order valence-corrected chi connectivity index (χ4v) is 0.817. The topological polar surface area (TPSA) is 24.4 Å². The van der Waals surface area contributed by atoms with Gasteiger partial charge in [-0.25, -0.2) is 0 Å². The number of hydrogen-bond donors (Lipinski definition) is 1. The maximum atomic E-state index is 4.17. The lowest BCUT2D eigenvalue weighted by atomic mass is 10.3. The Morgan fingerprint density at radius 2 is 2.21 bits per heavy atom. The molecule has 0 aliphatic rings. The van der Waals surface area contributed by atoms with Crippen molar-refractivity contribution in [2.75, 3.05) is 6.54 Å². The largest absolute Gasteiger partial charge is 0.347 e. The molecule has 0 amide bonds. The van der Waals surface area contributed by atoms with E-state index in [0.29, 0.717) is 0 Å². The van der Waals surface area contributed by atoms with Crippen molar-refractivity contribution >= 4 is 6.34 Å². The molecule has 0 saturated carbocycles. The first-order valence-corrected chi connectivity index (χ1v) is 5.02. The van der Waals surface area contributed by atoms with Crippen LogP contribution in [0.2, 0.25) is 0 Å². The van der Waals surface area contributed by atoms with Crippen LogP contribution in [0, 0.1) is 0 Å². The molecule has 0 aliphatic carbocycles. The lowest BCUT2D eigenvalue weighted by Gasteiger charge is -1.96. The monoisotopic (exact) mass is 192 g/mol. The van der Waals surface area contributed by atoms with E-state index in [2.05, 4.69) is 36.0 Å². The predicted octanol–water partition coefficient (Wildman–Crippen LogP) is 3.05. The molecule has 2 heteroatoms. The van der Waals surface area contributed by atoms with Crippen molar-refractivity contribution in [3.63, 3.8) is 0 Å². The van der Waals surface area contributed by atoms with Crippen LogP contribution < -0.4 is 5.32 Å². The average molecular weight is 192 g/mol. The Kier molecular flexibility index (Phi) is 8.86. The van der Waals surface area contributed by atoms with E-state index in [-0.39, 0.29) is 0 Å². The third-order valence-corrected chi connectivity index (χ3v) is 1.56. The zero-order valence-corrected chi connectivity index (χ0v) is 9.16. The Morgan fingerprint density at radius 3 is 2.86 bits per heavy atom. The molecule has 2 nitrogen and oxygen atoms in total. The van der Waals surface area contributed by atoms with E-state index >= 15 is 0 Å². The highest BCUT2D eigenvalue weighted by Crippen LogP contribution is 1.88. The third-order valence-electron chi connectivity index (χ3n) is 1.56. The lowest BCUT2D eigenvalue weighted by molar-refractivity contribution is 0.997. The van der Waals surface area contributed by atoms with Gasteiger partial charge in [0.25, 0.3) is 0 Å². The zero-order chi connectivity index (χ0) is 10.6. The number of nitrogens with zero attached hydrogens (tertiary/aromatic N) is 1. The zero-order valence-electron chi connectivity index (χ0n) is 9.16. The predicted molar refractivity (Wildman–Crippen MR) is 64.5 cm³/mol. The van der Waals surface area contributed by atoms with Gasteiger partial charge in [-0.05, 0) is 25.8 Å². The molecular weight excluding hydrogens is 172 g/mol. The van der Waals surface area contributed by atoms with Crippen LogP contribution in [0.1, 0.15) is 26.7 Å². The Bertz CT molecular complexity index is 224. The van der Waals surface area contributed by atoms with Crippen LogP contribution in [-0.4, -0.2) is 12.9 Å². The summed E-state index contributed by atoms with van der Waals surface area (Å²) in [5.74, 6) is 0. The molecule has 0 aromatic carbocycles. The lowest BCUT2D eigenvalue weighted by Crippen LogP contribution is -2.07. The molecule has 0 aromatic rings. The summed E-state index contributed by atoms with van der Waals surface area (Å²) < 4.78 is 0. The Hall–Kier alpha value is -1.31. The van der Waals surface area contributed by atoms with Gasteiger partial charge in [0, 0.05) is 12.2 Å². The fourth-order valence-electron chi connectivity index (χ4n) is 0.817. The van der Waals surface area contributed by atoms with E-state index in [1.165, 1.54) is 0 Å². The number of hydrogen-bond acceptors (Lipinski definition) is 1. The van der Waals surface area contributed by atoms with Crippen molar-refractivity contribution in [3.05, 3.63) is 36.6 Å². The minimum Gasteiger partial charge on any atom is -0.347 e. The number of aliphatic imine (C=N–C) groups is 1. The fraction of sp³-hybridized carbons (Fsp3) is 0.417. The quantitative estimate of drug-likeness (QED) is 0.216. The van der Waals surface area contributed by atoms with Gasteiger partial charge in [0.05, 0.1) is 6.34 Å². The van der Waals surface area contributed by atoms with Crippen LogP contribution >= 0.6 is 0 Å². The summed E-state index contributed by atoms with van der Waals surface area (Å²) in [5.41, 5.74) is 0.877. The van der Waals surface area contributed by atoms with Crippen LogP contribution in [0.15, 0.2) is 41.6 Å². The summed E-state index contributed by atoms with van der Waals surface area (Å²) in [6, 6.07) is 0. The van der Waals surface area contributed by atoms with Crippen LogP contribution in [0.4, 0.5) is 0 Å². The molecule has 78 valence electrons. The second-order valence-corrected chi connectivity index (χ2v) is 2.87. The van der Waals surface area contributed by atoms with E-state index in [1.54, 1.807) is 6.34 Å². The minimum absolute atomic E-state index is 0.822. The van der Waals surface area contributed by atoms with Gasteiger partial charge in [0.2, 0.25) is 0 Å². The molecule has 0 aliphatic heterocycles. The van der Waals surface area contributed by atoms with Crippen LogP contribution in [-0.2, 0) is 0 Å². The molecule has 0 atom stereocenters. The average Bonchev–Trinajstić information content (AvgIpc) is 2.20. The molecular formula is C12H20N2. The molecule has 0 unspecified atom stereocenters. The summed E-state index contributed by atoms with van der Waals surface area (Å²) >= 11 is 0. The van der Waals surface area contributed by atoms with Gasteiger partial charge in [-0.15, -0.1) is 0 Å². The molecule has 14 heavy (non-hydrogen) atoms. The second kappa shape index (κ2) is 9.78. The van der Waals surface area contributed by atoms with Gasteiger partial charge < -0.3 is 5.32 Å². The van der Waals surface area contributed by atoms with Crippen molar-refractivity contribution in [2.24, 2.45) is 4.99 Å². The van der Waals surface area contributed by atoms with E-state index in [0.717, 1.165) is 25.1 Å². The molecule has 0 heterocycles. The van der Waals surface area contributed by atoms with E-state index in [1.807, 2.05) is 19.1 Å². The number of rotatable bonds is 7. The van der Waals surface area contributed by atoms with Crippen molar-refractivity contribution in [2.45, 2.75) is 26.7 Å². The van der Waals surface area contributed by atoms with Crippen LogP contribution in [0.25, 0.3) is 0 Å². The maximum absolute atomic E-state index is 4.17. The highest BCUT2D eigenvalue weighted by Gasteiger charge is 1.80. The normalized spacial score (nSPS) is 11.9. The summed E-state index contributed by atoms with van der Waals surface area (Å²) in [6.07, 6.45) is 11.9. The van der Waals surface area contributed by atoms with Crippen LogP contribution in [0.5, 0.6) is 0 Å². The standard InChI is InChI=1S/C12H20N2/c1-4-6-8-10-13-11-14-12(3)9-7-5-2/h4,6-7,9,11H,3,5,8,10H2,1-2H3,(H,13,14)/b6-4-,9-7-. The highest BCUT2D eigenvalue weighted by molar-refractivity contribution is 5.58. The Morgan fingerprint density at radius 1 is 1.43 bits per heavy atom. The highest BCUT2D eigenvalue weighted by atomic mass is 14.9. The molecule has 0 bridgehead atoms. The van der Waals surface area contributed by atoms with E-state index in [4.69, 9.17) is 0 Å². The molecule has 0 spiro atoms. The summed E-state index contributed by atoms with van der Waals surface area (Å²) in [5, 5.41) is 3.00. The van der Waals surface area contributed by atoms with Gasteiger partial charge in [-0.1, -0.05) is 31.7 Å². The SMILES string of the molecule is C=C(/C=C\CC)NC=NCC/C=C\C. The van der Waals surface area contributed by atoms with Gasteiger partial charge in [-0.2, -0.15) is 0 Å². The summed E-state index contributed by atoms with van der Waals surface area (Å²) in [7, 11) is 0. The van der Waals surface area contributed by atoms with E-state index < -0.39 is 0 Å². The summed E-state index contributed by atoms with van der Waals surface area (Å²) in [4.78, 5) is 4.17. The van der Waals surface area contributed by atoms with Gasteiger partial charge >= 0.3 is 0 Å². The van der Waals surface area contributed by atoms with Crippen molar-refractivity contribution in [3.8, 4) is 0 Å². The maximum Gasteiger partial charge on any atom is 0.0867 e. The van der Waals surface area contributed by atoms with Crippen molar-refractivity contribution in [1.82, 2.24) is 5.32 Å².